The van der Waals surface area contributed by atoms with Gasteiger partial charge in [0.15, 0.2) is 0 Å². The van der Waals surface area contributed by atoms with Gasteiger partial charge in [0.2, 0.25) is 11.8 Å². The van der Waals surface area contributed by atoms with Crippen molar-refractivity contribution in [3.8, 4) is 5.69 Å². The molecule has 1 N–H and O–H groups in total. The normalized spacial score (nSPS) is 20.4. The number of rotatable bonds is 6. The second-order valence-corrected chi connectivity index (χ2v) is 9.71. The third-order valence-electron chi connectivity index (χ3n) is 6.51. The summed E-state index contributed by atoms with van der Waals surface area (Å²) in [6.07, 6.45) is 5.12. The van der Waals surface area contributed by atoms with Gasteiger partial charge in [-0.05, 0) is 59.3 Å². The Morgan fingerprint density at radius 3 is 2.65 bits per heavy atom. The van der Waals surface area contributed by atoms with Crippen LogP contribution in [0.4, 0.5) is 5.69 Å². The molecule has 2 aliphatic heterocycles. The van der Waals surface area contributed by atoms with Crippen LogP contribution < -0.4 is 5.32 Å². The highest BCUT2D eigenvalue weighted by molar-refractivity contribution is 6.31. The average Bonchev–Trinajstić information content (AvgIpc) is 3.59. The van der Waals surface area contributed by atoms with E-state index in [1.807, 2.05) is 0 Å². The number of carbonyl (C=O) groups excluding carboxylic acids is 2. The molecule has 1 aromatic heterocycles. The highest BCUT2D eigenvalue weighted by Gasteiger charge is 2.41. The number of halogens is 2. The van der Waals surface area contributed by atoms with Gasteiger partial charge in [0, 0.05) is 53.0 Å². The number of amides is 2. The maximum atomic E-state index is 13.5. The van der Waals surface area contributed by atoms with E-state index >= 15 is 0 Å². The smallest absolute Gasteiger partial charge is 0.247 e. The Labute approximate surface area is 223 Å². The number of anilines is 1. The summed E-state index contributed by atoms with van der Waals surface area (Å²) in [5.41, 5.74) is 1.92. The van der Waals surface area contributed by atoms with Crippen LogP contribution in [-0.4, -0.2) is 86.8 Å². The molecule has 0 spiro atoms. The van der Waals surface area contributed by atoms with Gasteiger partial charge in [-0.25, -0.2) is 0 Å². The summed E-state index contributed by atoms with van der Waals surface area (Å²) in [6.45, 7) is 3.25. The minimum Gasteiger partial charge on any atom is -0.379 e. The van der Waals surface area contributed by atoms with E-state index in [4.69, 9.17) is 27.9 Å². The average molecular weight is 542 g/mol. The van der Waals surface area contributed by atoms with Gasteiger partial charge in [0.1, 0.15) is 12.4 Å². The van der Waals surface area contributed by atoms with Crippen LogP contribution in [0.3, 0.4) is 0 Å². The molecule has 0 radical (unpaired) electrons. The van der Waals surface area contributed by atoms with Crippen LogP contribution in [0, 0.1) is 0 Å². The lowest BCUT2D eigenvalue weighted by Gasteiger charge is -2.31. The second kappa shape index (κ2) is 11.4. The zero-order valence-corrected chi connectivity index (χ0v) is 21.3. The first-order chi connectivity index (χ1) is 18.0. The largest absolute Gasteiger partial charge is 0.379 e. The molecule has 37 heavy (non-hydrogen) atoms. The van der Waals surface area contributed by atoms with Crippen LogP contribution in [0.15, 0.2) is 54.9 Å². The van der Waals surface area contributed by atoms with E-state index in [0.717, 1.165) is 13.1 Å². The maximum absolute atomic E-state index is 13.5. The predicted molar refractivity (Wildman–Crippen MR) is 140 cm³/mol. The lowest BCUT2D eigenvalue weighted by atomic mass is 10.1. The van der Waals surface area contributed by atoms with Gasteiger partial charge in [-0.15, -0.1) is 5.10 Å². The molecule has 5 rings (SSSR count). The molecule has 2 amide bonds. The minimum atomic E-state index is -0.637. The van der Waals surface area contributed by atoms with Crippen LogP contribution in [0.2, 0.25) is 10.0 Å². The van der Waals surface area contributed by atoms with E-state index in [1.165, 1.54) is 17.1 Å². The van der Waals surface area contributed by atoms with E-state index in [2.05, 4.69) is 25.7 Å². The first-order valence-electron chi connectivity index (χ1n) is 11.9. The van der Waals surface area contributed by atoms with Crippen molar-refractivity contribution in [1.82, 2.24) is 30.0 Å². The number of nitrogens with one attached hydrogen (secondary N) is 1. The number of hydrogen-bond acceptors (Lipinski definition) is 7. The molecule has 0 unspecified atom stereocenters. The van der Waals surface area contributed by atoms with E-state index in [1.54, 1.807) is 53.4 Å². The number of ether oxygens (including phenoxy) is 1. The molecule has 0 saturated carbocycles. The summed E-state index contributed by atoms with van der Waals surface area (Å²) in [5, 5.41) is 15.2. The maximum Gasteiger partial charge on any atom is 0.247 e. The fraction of sp³-hybridized carbons (Fsp3) is 0.320. The topological polar surface area (TPSA) is 105 Å². The molecule has 192 valence electrons. The monoisotopic (exact) mass is 541 g/mol. The number of morpholine rings is 1. The third-order valence-corrected chi connectivity index (χ3v) is 6.98. The summed E-state index contributed by atoms with van der Waals surface area (Å²) in [6, 6.07) is 11.6. The summed E-state index contributed by atoms with van der Waals surface area (Å²) < 4.78 is 6.98. The van der Waals surface area contributed by atoms with Crippen molar-refractivity contribution in [3.05, 3.63) is 70.5 Å². The fourth-order valence-corrected chi connectivity index (χ4v) is 5.07. The molecule has 12 heteroatoms. The first-order valence-corrected chi connectivity index (χ1v) is 12.6. The van der Waals surface area contributed by atoms with Crippen LogP contribution in [0.25, 0.3) is 11.8 Å². The van der Waals surface area contributed by atoms with Crippen LogP contribution in [0.5, 0.6) is 0 Å². The van der Waals surface area contributed by atoms with Gasteiger partial charge in [-0.2, -0.15) is 4.68 Å². The van der Waals surface area contributed by atoms with E-state index in [0.29, 0.717) is 53.2 Å². The van der Waals surface area contributed by atoms with Crippen LogP contribution in [0.1, 0.15) is 12.0 Å². The van der Waals surface area contributed by atoms with Gasteiger partial charge in [-0.1, -0.05) is 29.3 Å². The summed E-state index contributed by atoms with van der Waals surface area (Å²) in [5.74, 6) is -0.526. The Morgan fingerprint density at radius 2 is 1.89 bits per heavy atom. The van der Waals surface area contributed by atoms with Crippen LogP contribution >= 0.6 is 23.2 Å². The molecule has 0 aliphatic carbocycles. The molecule has 10 nitrogen and oxygen atoms in total. The Morgan fingerprint density at radius 1 is 1.08 bits per heavy atom. The zero-order chi connectivity index (χ0) is 25.8. The van der Waals surface area contributed by atoms with Gasteiger partial charge in [0.25, 0.3) is 0 Å². The van der Waals surface area contributed by atoms with Gasteiger partial charge in [-0.3, -0.25) is 14.5 Å². The fourth-order valence-electron chi connectivity index (χ4n) is 4.70. The molecular formula is C25H25Cl2N7O3. The molecule has 2 atom stereocenters. The molecule has 0 bridgehead atoms. The zero-order valence-electron chi connectivity index (χ0n) is 19.8. The molecule has 2 aliphatic rings. The molecule has 2 saturated heterocycles. The second-order valence-electron chi connectivity index (χ2n) is 8.83. The quantitative estimate of drug-likeness (QED) is 0.478. The molecule has 3 heterocycles. The van der Waals surface area contributed by atoms with Crippen molar-refractivity contribution in [2.75, 3.05) is 38.2 Å². The van der Waals surface area contributed by atoms with Gasteiger partial charge in [0.05, 0.1) is 18.9 Å². The standard InChI is InChI=1S/C25H25Cl2N7O3/c26-18-2-1-3-20(13-18)29-25(36)23-14-21(32-8-10-37-11-9-32)15-33(23)24(35)7-4-17-12-19(27)5-6-22(17)34-16-28-30-31-34/h1-7,12-13,16,21,23H,8-11,14-15H2,(H,29,36)/t21-,23-/m0/s1. The molecular weight excluding hydrogens is 517 g/mol. The molecule has 2 aromatic carbocycles. The van der Waals surface area contributed by atoms with Gasteiger partial charge >= 0.3 is 0 Å². The number of likely N-dealkylation sites (tertiary alicyclic amines) is 1. The van der Waals surface area contributed by atoms with Crippen molar-refractivity contribution >= 4 is 46.8 Å². The lowest BCUT2D eigenvalue weighted by molar-refractivity contribution is -0.132. The number of carbonyl (C=O) groups is 2. The van der Waals surface area contributed by atoms with E-state index in [-0.39, 0.29) is 17.9 Å². The van der Waals surface area contributed by atoms with Gasteiger partial charge < -0.3 is 15.0 Å². The Bertz CT molecular complexity index is 1300. The van der Waals surface area contributed by atoms with E-state index < -0.39 is 6.04 Å². The molecule has 2 fully saturated rings. The van der Waals surface area contributed by atoms with Crippen molar-refractivity contribution in [1.29, 1.82) is 0 Å². The van der Waals surface area contributed by atoms with Crippen LogP contribution in [-0.2, 0) is 14.3 Å². The number of benzene rings is 2. The number of hydrogen-bond donors (Lipinski definition) is 1. The van der Waals surface area contributed by atoms with Crippen molar-refractivity contribution in [2.45, 2.75) is 18.5 Å². The summed E-state index contributed by atoms with van der Waals surface area (Å²) in [7, 11) is 0. The third kappa shape index (κ3) is 5.99. The predicted octanol–water partition coefficient (Wildman–Crippen LogP) is 2.92. The van der Waals surface area contributed by atoms with Crippen molar-refractivity contribution in [2.24, 2.45) is 0 Å². The summed E-state index contributed by atoms with van der Waals surface area (Å²) in [4.78, 5) is 30.7. The highest BCUT2D eigenvalue weighted by Crippen LogP contribution is 2.26. The number of aromatic nitrogens is 4. The summed E-state index contributed by atoms with van der Waals surface area (Å²) >= 11 is 12.3. The molecule has 3 aromatic rings. The Hall–Kier alpha value is -3.31. The highest BCUT2D eigenvalue weighted by atomic mass is 35.5. The Balaban J connectivity index is 1.38. The first kappa shape index (κ1) is 25.3. The minimum absolute atomic E-state index is 0.0549. The number of nitrogens with zero attached hydrogens (tertiary/aromatic N) is 6. The Kier molecular flexibility index (Phi) is 7.80. The van der Waals surface area contributed by atoms with Crippen molar-refractivity contribution in [3.63, 3.8) is 0 Å². The lowest BCUT2D eigenvalue weighted by Crippen LogP contribution is -2.45. The van der Waals surface area contributed by atoms with E-state index in [9.17, 15) is 9.59 Å². The van der Waals surface area contributed by atoms with Crippen molar-refractivity contribution < 1.29 is 14.3 Å². The SMILES string of the molecule is O=C(Nc1cccc(Cl)c1)[C@@H]1C[C@H](N2CCOCC2)CN1C(=O)C=Cc1cc(Cl)ccc1-n1cnnn1. The number of tetrazole rings is 1.